The minimum absolute atomic E-state index is 0.0431. The molecule has 1 aromatic heterocycles. The largest absolute Gasteiger partial charge is 0.351 e. The van der Waals surface area contributed by atoms with Gasteiger partial charge in [-0.1, -0.05) is 6.07 Å². The van der Waals surface area contributed by atoms with Gasteiger partial charge in [0.05, 0.1) is 17.1 Å². The normalized spacial score (nSPS) is 22.9. The number of imidazole rings is 1. The van der Waals surface area contributed by atoms with E-state index in [0.29, 0.717) is 12.6 Å². The molecule has 2 aliphatic rings. The van der Waals surface area contributed by atoms with Crippen LogP contribution in [0.5, 0.6) is 0 Å². The summed E-state index contributed by atoms with van der Waals surface area (Å²) in [5, 5.41) is 3.16. The first-order valence-corrected chi connectivity index (χ1v) is 9.77. The molecule has 2 N–H and O–H groups in total. The average Bonchev–Trinajstić information content (AvgIpc) is 3.25. The van der Waals surface area contributed by atoms with Gasteiger partial charge in [-0.25, -0.2) is 4.98 Å². The fourth-order valence-electron chi connectivity index (χ4n) is 4.44. The number of nitrogens with one attached hydrogen (secondary N) is 2. The molecule has 140 valence electrons. The molecule has 2 aromatic rings. The van der Waals surface area contributed by atoms with Crippen molar-refractivity contribution in [2.75, 3.05) is 26.7 Å². The number of hydrogen-bond acceptors (Lipinski definition) is 4. The highest BCUT2D eigenvalue weighted by molar-refractivity contribution is 5.82. The predicted molar refractivity (Wildman–Crippen MR) is 103 cm³/mol. The first kappa shape index (κ1) is 17.5. The van der Waals surface area contributed by atoms with Crippen LogP contribution in [0.15, 0.2) is 18.2 Å². The number of hydrogen-bond donors (Lipinski definition) is 2. The first-order valence-electron chi connectivity index (χ1n) is 9.77. The average molecular weight is 355 g/mol. The van der Waals surface area contributed by atoms with Gasteiger partial charge in [0.1, 0.15) is 5.82 Å². The lowest BCUT2D eigenvalue weighted by Crippen LogP contribution is -2.50. The number of benzene rings is 1. The van der Waals surface area contributed by atoms with Crippen LogP contribution in [0.4, 0.5) is 0 Å². The van der Waals surface area contributed by atoms with Crippen molar-refractivity contribution in [1.82, 2.24) is 25.1 Å². The molecule has 0 unspecified atom stereocenters. The fourth-order valence-corrected chi connectivity index (χ4v) is 4.44. The number of H-pyrrole nitrogens is 1. The number of carbonyl (C=O) groups is 1. The minimum atomic E-state index is 0.0431. The molecule has 2 aliphatic heterocycles. The summed E-state index contributed by atoms with van der Waals surface area (Å²) in [4.78, 5) is 25.4. The number of aromatic amines is 1. The van der Waals surface area contributed by atoms with E-state index in [1.807, 2.05) is 19.1 Å². The smallest absolute Gasteiger partial charge is 0.237 e. The van der Waals surface area contributed by atoms with Gasteiger partial charge in [-0.15, -0.1) is 0 Å². The van der Waals surface area contributed by atoms with E-state index in [1.165, 1.54) is 12.8 Å². The standard InChI is InChI=1S/C20H29N5O/c1-14-22-17-6-5-15(12-18(17)23-14)13-21-20(26)19-4-3-9-25(19)16-7-10-24(2)11-8-16/h5-6,12,16,19H,3-4,7-11,13H2,1-2H3,(H,21,26)(H,22,23)/t19-/m0/s1. The van der Waals surface area contributed by atoms with Gasteiger partial charge < -0.3 is 15.2 Å². The minimum Gasteiger partial charge on any atom is -0.351 e. The second-order valence-electron chi connectivity index (χ2n) is 7.82. The highest BCUT2D eigenvalue weighted by atomic mass is 16.2. The van der Waals surface area contributed by atoms with E-state index in [0.717, 1.165) is 54.9 Å². The molecule has 2 fully saturated rings. The summed E-state index contributed by atoms with van der Waals surface area (Å²) in [5.74, 6) is 1.10. The van der Waals surface area contributed by atoms with Gasteiger partial charge in [0.25, 0.3) is 0 Å². The Labute approximate surface area is 155 Å². The summed E-state index contributed by atoms with van der Waals surface area (Å²) in [5.41, 5.74) is 3.11. The number of nitrogens with zero attached hydrogens (tertiary/aromatic N) is 3. The summed E-state index contributed by atoms with van der Waals surface area (Å²) in [6.45, 7) is 5.87. The molecule has 6 heteroatoms. The van der Waals surface area contributed by atoms with Crippen LogP contribution >= 0.6 is 0 Å². The lowest BCUT2D eigenvalue weighted by atomic mass is 10.0. The van der Waals surface area contributed by atoms with Crippen LogP contribution in [0.2, 0.25) is 0 Å². The predicted octanol–water partition coefficient (Wildman–Crippen LogP) is 2.05. The molecule has 1 aromatic carbocycles. The zero-order valence-electron chi connectivity index (χ0n) is 15.8. The number of fused-ring (bicyclic) bond motifs is 1. The number of aryl methyl sites for hydroxylation is 1. The van der Waals surface area contributed by atoms with E-state index >= 15 is 0 Å². The molecule has 0 spiro atoms. The maximum atomic E-state index is 12.8. The molecule has 26 heavy (non-hydrogen) atoms. The Bertz CT molecular complexity index is 778. The summed E-state index contributed by atoms with van der Waals surface area (Å²) in [6, 6.07) is 6.75. The summed E-state index contributed by atoms with van der Waals surface area (Å²) in [6.07, 6.45) is 4.47. The fraction of sp³-hybridized carbons (Fsp3) is 0.600. The number of carbonyl (C=O) groups excluding carboxylic acids is 1. The number of amides is 1. The van der Waals surface area contributed by atoms with Crippen LogP contribution in [-0.4, -0.2) is 64.4 Å². The zero-order chi connectivity index (χ0) is 18.1. The third-order valence-corrected chi connectivity index (χ3v) is 5.89. The van der Waals surface area contributed by atoms with Gasteiger partial charge in [0.15, 0.2) is 0 Å². The monoisotopic (exact) mass is 355 g/mol. The number of aromatic nitrogens is 2. The van der Waals surface area contributed by atoms with Crippen molar-refractivity contribution in [3.05, 3.63) is 29.6 Å². The maximum Gasteiger partial charge on any atom is 0.237 e. The topological polar surface area (TPSA) is 64.3 Å². The van der Waals surface area contributed by atoms with Crippen molar-refractivity contribution in [2.45, 2.75) is 51.2 Å². The molecule has 0 saturated carbocycles. The van der Waals surface area contributed by atoms with Gasteiger partial charge >= 0.3 is 0 Å². The molecule has 6 nitrogen and oxygen atoms in total. The van der Waals surface area contributed by atoms with Crippen LogP contribution in [0, 0.1) is 6.92 Å². The SMILES string of the molecule is Cc1nc2ccc(CNC(=O)[C@@H]3CCCN3C3CCN(C)CC3)cc2[nH]1. The Kier molecular flexibility index (Phi) is 4.96. The summed E-state index contributed by atoms with van der Waals surface area (Å²) in [7, 11) is 2.18. The zero-order valence-corrected chi connectivity index (χ0v) is 15.8. The first-order chi connectivity index (χ1) is 12.6. The van der Waals surface area contributed by atoms with Crippen molar-refractivity contribution < 1.29 is 4.79 Å². The van der Waals surface area contributed by atoms with E-state index in [4.69, 9.17) is 0 Å². The van der Waals surface area contributed by atoms with E-state index in [1.54, 1.807) is 0 Å². The lowest BCUT2D eigenvalue weighted by Gasteiger charge is -2.37. The molecule has 0 bridgehead atoms. The Hall–Kier alpha value is -1.92. The van der Waals surface area contributed by atoms with Crippen LogP contribution in [0.1, 0.15) is 37.1 Å². The van der Waals surface area contributed by atoms with Gasteiger partial charge in [-0.05, 0) is 77.0 Å². The molecule has 0 aliphatic carbocycles. The van der Waals surface area contributed by atoms with Gasteiger partial charge in [-0.2, -0.15) is 0 Å². The molecule has 1 atom stereocenters. The Balaban J connectivity index is 1.37. The maximum absolute atomic E-state index is 12.8. The second kappa shape index (κ2) is 7.37. The summed E-state index contributed by atoms with van der Waals surface area (Å²) >= 11 is 0. The molecule has 3 heterocycles. The number of piperidine rings is 1. The Morgan fingerprint density at radius 3 is 2.88 bits per heavy atom. The van der Waals surface area contributed by atoms with Crippen molar-refractivity contribution >= 4 is 16.9 Å². The summed E-state index contributed by atoms with van der Waals surface area (Å²) < 4.78 is 0. The van der Waals surface area contributed by atoms with Crippen molar-refractivity contribution in [1.29, 1.82) is 0 Å². The van der Waals surface area contributed by atoms with E-state index in [-0.39, 0.29) is 11.9 Å². The van der Waals surface area contributed by atoms with Crippen molar-refractivity contribution in [3.8, 4) is 0 Å². The highest BCUT2D eigenvalue weighted by Gasteiger charge is 2.36. The molecular weight excluding hydrogens is 326 g/mol. The molecule has 1 amide bonds. The van der Waals surface area contributed by atoms with E-state index in [9.17, 15) is 4.79 Å². The van der Waals surface area contributed by atoms with Crippen LogP contribution in [0.25, 0.3) is 11.0 Å². The molecule has 4 rings (SSSR count). The number of rotatable bonds is 4. The van der Waals surface area contributed by atoms with Crippen LogP contribution in [-0.2, 0) is 11.3 Å². The van der Waals surface area contributed by atoms with E-state index in [2.05, 4.69) is 38.2 Å². The quantitative estimate of drug-likeness (QED) is 0.881. The van der Waals surface area contributed by atoms with Gasteiger partial charge in [0, 0.05) is 12.6 Å². The van der Waals surface area contributed by atoms with Crippen molar-refractivity contribution in [3.63, 3.8) is 0 Å². The van der Waals surface area contributed by atoms with Gasteiger partial charge in [0.2, 0.25) is 5.91 Å². The Morgan fingerprint density at radius 2 is 2.08 bits per heavy atom. The van der Waals surface area contributed by atoms with Crippen LogP contribution < -0.4 is 5.32 Å². The van der Waals surface area contributed by atoms with Crippen LogP contribution in [0.3, 0.4) is 0 Å². The second-order valence-corrected chi connectivity index (χ2v) is 7.82. The lowest BCUT2D eigenvalue weighted by molar-refractivity contribution is -0.126. The molecule has 0 radical (unpaired) electrons. The third kappa shape index (κ3) is 3.62. The highest BCUT2D eigenvalue weighted by Crippen LogP contribution is 2.26. The van der Waals surface area contributed by atoms with E-state index < -0.39 is 0 Å². The Morgan fingerprint density at radius 1 is 1.27 bits per heavy atom. The van der Waals surface area contributed by atoms with Crippen molar-refractivity contribution in [2.24, 2.45) is 0 Å². The molecule has 2 saturated heterocycles. The van der Waals surface area contributed by atoms with Gasteiger partial charge in [-0.3, -0.25) is 9.69 Å². The molecular formula is C20H29N5O. The third-order valence-electron chi connectivity index (χ3n) is 5.89. The number of likely N-dealkylation sites (tertiary alicyclic amines) is 2.